The number of carbonyl (C=O) groups is 2. The summed E-state index contributed by atoms with van der Waals surface area (Å²) < 4.78 is 5.12. The number of nitrogens with zero attached hydrogens (tertiary/aromatic N) is 2. The van der Waals surface area contributed by atoms with E-state index in [1.807, 2.05) is 19.1 Å². The Balaban J connectivity index is 1.73. The van der Waals surface area contributed by atoms with E-state index in [1.165, 1.54) is 4.90 Å². The number of halogens is 1. The fraction of sp³-hybridized carbons (Fsp3) is 0.286. The number of methoxy groups -OCH3 is 1. The molecule has 2 amide bonds. The highest BCUT2D eigenvalue weighted by Gasteiger charge is 2.42. The number of hydrogen-bond donors (Lipinski definition) is 1. The van der Waals surface area contributed by atoms with Crippen molar-refractivity contribution in [3.63, 3.8) is 0 Å². The van der Waals surface area contributed by atoms with E-state index in [9.17, 15) is 9.59 Å². The number of benzene rings is 2. The molecule has 0 bridgehead atoms. The first-order valence-electron chi connectivity index (χ1n) is 9.23. The molecular formula is C21H22ClN3O3S. The molecule has 152 valence electrons. The van der Waals surface area contributed by atoms with Crippen LogP contribution in [-0.4, -0.2) is 46.4 Å². The highest BCUT2D eigenvalue weighted by Crippen LogP contribution is 2.24. The Morgan fingerprint density at radius 2 is 1.83 bits per heavy atom. The molecule has 1 N–H and O–H groups in total. The lowest BCUT2D eigenvalue weighted by atomic mass is 10.1. The van der Waals surface area contributed by atoms with Gasteiger partial charge in [-0.15, -0.1) is 0 Å². The zero-order valence-electron chi connectivity index (χ0n) is 16.2. The smallest absolute Gasteiger partial charge is 0.252 e. The lowest BCUT2D eigenvalue weighted by Crippen LogP contribution is -2.37. The van der Waals surface area contributed by atoms with Crippen LogP contribution in [0.15, 0.2) is 48.5 Å². The summed E-state index contributed by atoms with van der Waals surface area (Å²) in [6.45, 7) is 2.76. The Labute approximate surface area is 180 Å². The predicted molar refractivity (Wildman–Crippen MR) is 117 cm³/mol. The standard InChI is InChI=1S/C21H22ClN3O3S/c1-3-24-20(27)18(12-19(26)23-16-8-10-17(28-2)11-9-16)25(21(24)29)13-14-4-6-15(22)7-5-14/h4-11,18H,3,12-13H2,1-2H3,(H,23,26). The molecule has 0 aromatic heterocycles. The van der Waals surface area contributed by atoms with E-state index in [0.29, 0.717) is 34.7 Å². The van der Waals surface area contributed by atoms with Gasteiger partial charge in [0.2, 0.25) is 5.91 Å². The molecule has 3 rings (SSSR count). The second-order valence-corrected chi connectivity index (χ2v) is 7.42. The van der Waals surface area contributed by atoms with Gasteiger partial charge in [0, 0.05) is 23.8 Å². The predicted octanol–water partition coefficient (Wildman–Crippen LogP) is 3.70. The van der Waals surface area contributed by atoms with E-state index in [2.05, 4.69) is 5.32 Å². The molecule has 1 aliphatic heterocycles. The molecule has 0 aliphatic carbocycles. The molecule has 0 radical (unpaired) electrons. The van der Waals surface area contributed by atoms with Crippen molar-refractivity contribution < 1.29 is 14.3 Å². The normalized spacial score (nSPS) is 16.3. The van der Waals surface area contributed by atoms with Crippen LogP contribution in [0, 0.1) is 0 Å². The second kappa shape index (κ2) is 9.24. The zero-order valence-corrected chi connectivity index (χ0v) is 17.8. The lowest BCUT2D eigenvalue weighted by molar-refractivity contribution is -0.130. The largest absolute Gasteiger partial charge is 0.497 e. The van der Waals surface area contributed by atoms with E-state index >= 15 is 0 Å². The average molecular weight is 432 g/mol. The van der Waals surface area contributed by atoms with Crippen molar-refractivity contribution in [3.8, 4) is 5.75 Å². The Kier molecular flexibility index (Phi) is 6.71. The summed E-state index contributed by atoms with van der Waals surface area (Å²) in [4.78, 5) is 28.8. The molecule has 2 aromatic carbocycles. The van der Waals surface area contributed by atoms with Crippen LogP contribution in [0.2, 0.25) is 5.02 Å². The molecule has 2 aromatic rings. The fourth-order valence-corrected chi connectivity index (χ4v) is 3.75. The van der Waals surface area contributed by atoms with Crippen molar-refractivity contribution in [1.29, 1.82) is 0 Å². The minimum Gasteiger partial charge on any atom is -0.497 e. The summed E-state index contributed by atoms with van der Waals surface area (Å²) in [7, 11) is 1.58. The van der Waals surface area contributed by atoms with Gasteiger partial charge in [0.25, 0.3) is 5.91 Å². The molecule has 8 heteroatoms. The molecule has 1 atom stereocenters. The molecular weight excluding hydrogens is 410 g/mol. The minimum atomic E-state index is -0.642. The highest BCUT2D eigenvalue weighted by atomic mass is 35.5. The van der Waals surface area contributed by atoms with Crippen LogP contribution in [0.4, 0.5) is 5.69 Å². The topological polar surface area (TPSA) is 61.9 Å². The molecule has 1 aliphatic rings. The van der Waals surface area contributed by atoms with Gasteiger partial charge in [-0.25, -0.2) is 0 Å². The molecule has 1 fully saturated rings. The van der Waals surface area contributed by atoms with Crippen molar-refractivity contribution in [2.45, 2.75) is 25.9 Å². The van der Waals surface area contributed by atoms with Crippen molar-refractivity contribution in [2.24, 2.45) is 0 Å². The summed E-state index contributed by atoms with van der Waals surface area (Å²) in [6.07, 6.45) is 0.00902. The van der Waals surface area contributed by atoms with Gasteiger partial charge in [-0.3, -0.25) is 14.5 Å². The zero-order chi connectivity index (χ0) is 21.0. The second-order valence-electron chi connectivity index (χ2n) is 6.62. The van der Waals surface area contributed by atoms with Crippen LogP contribution in [0.5, 0.6) is 5.75 Å². The third-order valence-corrected chi connectivity index (χ3v) is 5.45. The maximum absolute atomic E-state index is 12.9. The molecule has 29 heavy (non-hydrogen) atoms. The van der Waals surface area contributed by atoms with Crippen LogP contribution in [0.3, 0.4) is 0 Å². The number of ether oxygens (including phenoxy) is 1. The Morgan fingerprint density at radius 3 is 2.41 bits per heavy atom. The molecule has 1 unspecified atom stereocenters. The SMILES string of the molecule is CCN1C(=O)C(CC(=O)Nc2ccc(OC)cc2)N(Cc2ccc(Cl)cc2)C1=S. The monoisotopic (exact) mass is 431 g/mol. The van der Waals surface area contributed by atoms with Gasteiger partial charge in [0.1, 0.15) is 11.8 Å². The first kappa shape index (κ1) is 21.1. The molecule has 0 spiro atoms. The highest BCUT2D eigenvalue weighted by molar-refractivity contribution is 7.80. The van der Waals surface area contributed by atoms with Gasteiger partial charge in [-0.2, -0.15) is 0 Å². The van der Waals surface area contributed by atoms with Crippen molar-refractivity contribution in [1.82, 2.24) is 9.80 Å². The number of carbonyl (C=O) groups excluding carboxylic acids is 2. The van der Waals surface area contributed by atoms with Crippen LogP contribution in [-0.2, 0) is 16.1 Å². The molecule has 1 saturated heterocycles. The summed E-state index contributed by atoms with van der Waals surface area (Å²) in [6, 6.07) is 13.7. The number of rotatable bonds is 7. The molecule has 0 saturated carbocycles. The van der Waals surface area contributed by atoms with Crippen molar-refractivity contribution in [3.05, 3.63) is 59.1 Å². The third kappa shape index (κ3) is 4.86. The van der Waals surface area contributed by atoms with E-state index in [1.54, 1.807) is 48.4 Å². The van der Waals surface area contributed by atoms with Crippen molar-refractivity contribution >= 4 is 46.4 Å². The van der Waals surface area contributed by atoms with E-state index in [0.717, 1.165) is 5.56 Å². The van der Waals surface area contributed by atoms with Gasteiger partial charge in [0.15, 0.2) is 5.11 Å². The van der Waals surface area contributed by atoms with Gasteiger partial charge in [-0.05, 0) is 61.1 Å². The van der Waals surface area contributed by atoms with Crippen LogP contribution < -0.4 is 10.1 Å². The lowest BCUT2D eigenvalue weighted by Gasteiger charge is -2.24. The number of nitrogens with one attached hydrogen (secondary N) is 1. The number of thiocarbonyl (C=S) groups is 1. The summed E-state index contributed by atoms with van der Waals surface area (Å²) in [5.74, 6) is 0.291. The fourth-order valence-electron chi connectivity index (χ4n) is 3.21. The van der Waals surface area contributed by atoms with E-state index < -0.39 is 6.04 Å². The number of hydrogen-bond acceptors (Lipinski definition) is 4. The molecule has 6 nitrogen and oxygen atoms in total. The van der Waals surface area contributed by atoms with E-state index in [4.69, 9.17) is 28.6 Å². The van der Waals surface area contributed by atoms with Crippen LogP contribution in [0.25, 0.3) is 0 Å². The average Bonchev–Trinajstić information content (AvgIpc) is 2.93. The van der Waals surface area contributed by atoms with Crippen LogP contribution in [0.1, 0.15) is 18.9 Å². The summed E-state index contributed by atoms with van der Waals surface area (Å²) in [5, 5.41) is 3.91. The van der Waals surface area contributed by atoms with Gasteiger partial charge in [0.05, 0.1) is 13.5 Å². The summed E-state index contributed by atoms with van der Waals surface area (Å²) >= 11 is 11.5. The number of likely N-dealkylation sites (N-methyl/N-ethyl adjacent to an activating group) is 1. The van der Waals surface area contributed by atoms with Gasteiger partial charge in [-0.1, -0.05) is 23.7 Å². The summed E-state index contributed by atoms with van der Waals surface area (Å²) in [5.41, 5.74) is 1.60. The first-order chi connectivity index (χ1) is 13.9. The maximum Gasteiger partial charge on any atom is 0.252 e. The molecule has 1 heterocycles. The van der Waals surface area contributed by atoms with Gasteiger partial charge >= 0.3 is 0 Å². The number of amides is 2. The van der Waals surface area contributed by atoms with E-state index in [-0.39, 0.29) is 18.2 Å². The Hall–Kier alpha value is -2.64. The van der Waals surface area contributed by atoms with Crippen molar-refractivity contribution in [2.75, 3.05) is 19.0 Å². The minimum absolute atomic E-state index is 0.00902. The number of anilines is 1. The maximum atomic E-state index is 12.9. The third-order valence-electron chi connectivity index (χ3n) is 4.74. The Bertz CT molecular complexity index is 902. The van der Waals surface area contributed by atoms with Gasteiger partial charge < -0.3 is 15.0 Å². The Morgan fingerprint density at radius 1 is 1.17 bits per heavy atom. The quantitative estimate of drug-likeness (QED) is 0.677. The van der Waals surface area contributed by atoms with Crippen LogP contribution >= 0.6 is 23.8 Å². The first-order valence-corrected chi connectivity index (χ1v) is 10.0.